The van der Waals surface area contributed by atoms with Gasteiger partial charge in [-0.05, 0) is 54.4 Å². The number of hydrogen-bond acceptors (Lipinski definition) is 7. The highest BCUT2D eigenvalue weighted by Gasteiger charge is 2.39. The molecule has 3 atom stereocenters. The number of piperazine rings is 1. The van der Waals surface area contributed by atoms with E-state index in [4.69, 9.17) is 4.74 Å². The summed E-state index contributed by atoms with van der Waals surface area (Å²) in [7, 11) is 0. The van der Waals surface area contributed by atoms with Crippen LogP contribution in [0.15, 0.2) is 48.7 Å². The highest BCUT2D eigenvalue weighted by molar-refractivity contribution is 5.95. The number of benzene rings is 2. The molecule has 2 fully saturated rings. The van der Waals surface area contributed by atoms with Gasteiger partial charge in [0, 0.05) is 61.7 Å². The normalized spacial score (nSPS) is 24.8. The molecular weight excluding hydrogens is 424 g/mol. The average molecular weight is 455 g/mol. The number of nitriles is 1. The van der Waals surface area contributed by atoms with Crippen molar-refractivity contribution in [3.05, 3.63) is 65.4 Å². The second kappa shape index (κ2) is 8.88. The summed E-state index contributed by atoms with van der Waals surface area (Å²) in [5.74, 6) is 0. The minimum Gasteiger partial charge on any atom is -0.379 e. The molecule has 0 aliphatic carbocycles. The van der Waals surface area contributed by atoms with Gasteiger partial charge in [-0.2, -0.15) is 5.26 Å². The number of anilines is 2. The third kappa shape index (κ3) is 3.78. The third-order valence-electron chi connectivity index (χ3n) is 7.41. The average Bonchev–Trinajstić information content (AvgIpc) is 3.03. The van der Waals surface area contributed by atoms with Gasteiger partial charge in [-0.25, -0.2) is 0 Å². The standard InChI is InChI=1S/C27H30N6O/c1-18-14-32(25-7-4-19(12-28)27-24(25)3-2-8-30-27)16-26-23-6-5-21(11-20(23)15-33(18)26)31-22-13-29-9-10-34-17-22/h2-8,11,18,22,26,29,31H,9-10,13-17H2,1H3/t18-,22+,26-/m1/s1. The summed E-state index contributed by atoms with van der Waals surface area (Å²) in [5.41, 5.74) is 6.60. The minimum absolute atomic E-state index is 0.289. The fourth-order valence-corrected chi connectivity index (χ4v) is 5.77. The molecule has 0 saturated carbocycles. The van der Waals surface area contributed by atoms with Gasteiger partial charge in [0.25, 0.3) is 0 Å². The Kier molecular flexibility index (Phi) is 5.58. The summed E-state index contributed by atoms with van der Waals surface area (Å²) >= 11 is 0. The minimum atomic E-state index is 0.289. The summed E-state index contributed by atoms with van der Waals surface area (Å²) < 4.78 is 5.70. The second-order valence-electron chi connectivity index (χ2n) is 9.62. The first-order valence-corrected chi connectivity index (χ1v) is 12.2. The van der Waals surface area contributed by atoms with Gasteiger partial charge in [0.2, 0.25) is 0 Å². The molecule has 4 heterocycles. The number of hydrogen-bond donors (Lipinski definition) is 2. The Balaban J connectivity index is 1.27. The number of fused-ring (bicyclic) bond motifs is 4. The molecule has 2 saturated heterocycles. The van der Waals surface area contributed by atoms with Crippen LogP contribution in [0.5, 0.6) is 0 Å². The topological polar surface area (TPSA) is 76.5 Å². The highest BCUT2D eigenvalue weighted by atomic mass is 16.5. The van der Waals surface area contributed by atoms with Gasteiger partial charge in [-0.1, -0.05) is 6.07 Å². The summed E-state index contributed by atoms with van der Waals surface area (Å²) in [6, 6.07) is 18.3. The van der Waals surface area contributed by atoms with E-state index in [0.717, 1.165) is 56.8 Å². The van der Waals surface area contributed by atoms with Crippen molar-refractivity contribution in [3.63, 3.8) is 0 Å². The maximum atomic E-state index is 9.53. The Bertz CT molecular complexity index is 1250. The summed E-state index contributed by atoms with van der Waals surface area (Å²) in [4.78, 5) is 9.62. The molecule has 3 aromatic rings. The summed E-state index contributed by atoms with van der Waals surface area (Å²) in [5, 5.41) is 17.7. The number of nitrogens with one attached hydrogen (secondary N) is 2. The number of nitrogens with zero attached hydrogens (tertiary/aromatic N) is 4. The first-order valence-electron chi connectivity index (χ1n) is 12.2. The predicted octanol–water partition coefficient (Wildman–Crippen LogP) is 3.27. The van der Waals surface area contributed by atoms with Gasteiger partial charge < -0.3 is 20.3 Å². The molecule has 0 unspecified atom stereocenters. The molecule has 34 heavy (non-hydrogen) atoms. The predicted molar refractivity (Wildman–Crippen MR) is 134 cm³/mol. The van der Waals surface area contributed by atoms with Crippen molar-refractivity contribution in [1.82, 2.24) is 15.2 Å². The summed E-state index contributed by atoms with van der Waals surface area (Å²) in [6.07, 6.45) is 1.77. The molecule has 0 amide bonds. The van der Waals surface area contributed by atoms with Gasteiger partial charge in [0.15, 0.2) is 0 Å². The van der Waals surface area contributed by atoms with E-state index in [0.29, 0.717) is 17.6 Å². The Morgan fingerprint density at radius 2 is 2.15 bits per heavy atom. The molecule has 3 aliphatic heterocycles. The number of aromatic nitrogens is 1. The molecule has 3 aliphatic rings. The lowest BCUT2D eigenvalue weighted by Crippen LogP contribution is -2.51. The maximum Gasteiger partial charge on any atom is 0.101 e. The zero-order valence-electron chi connectivity index (χ0n) is 19.5. The van der Waals surface area contributed by atoms with E-state index in [-0.39, 0.29) is 6.04 Å². The Morgan fingerprint density at radius 3 is 3.06 bits per heavy atom. The Morgan fingerprint density at radius 1 is 1.21 bits per heavy atom. The Hall–Kier alpha value is -3.18. The van der Waals surface area contributed by atoms with Crippen LogP contribution in [0.25, 0.3) is 10.9 Å². The SMILES string of the molecule is C[C@@H]1CN(c2ccc(C#N)c3ncccc23)C[C@@H]2c3ccc(N[C@H]4CNCCOC4)cc3CN12. The second-order valence-corrected chi connectivity index (χ2v) is 9.62. The first kappa shape index (κ1) is 21.4. The maximum absolute atomic E-state index is 9.53. The van der Waals surface area contributed by atoms with Crippen LogP contribution in [-0.4, -0.2) is 61.4 Å². The van der Waals surface area contributed by atoms with E-state index in [2.05, 4.69) is 68.7 Å². The molecule has 174 valence electrons. The van der Waals surface area contributed by atoms with E-state index < -0.39 is 0 Å². The van der Waals surface area contributed by atoms with Crippen LogP contribution in [-0.2, 0) is 11.3 Å². The van der Waals surface area contributed by atoms with Crippen LogP contribution in [0.2, 0.25) is 0 Å². The van der Waals surface area contributed by atoms with Crippen molar-refractivity contribution < 1.29 is 4.74 Å². The zero-order chi connectivity index (χ0) is 23.1. The van der Waals surface area contributed by atoms with Gasteiger partial charge in [-0.15, -0.1) is 0 Å². The van der Waals surface area contributed by atoms with E-state index in [1.165, 1.54) is 22.5 Å². The van der Waals surface area contributed by atoms with Crippen molar-refractivity contribution in [2.24, 2.45) is 0 Å². The fourth-order valence-electron chi connectivity index (χ4n) is 5.77. The van der Waals surface area contributed by atoms with E-state index in [9.17, 15) is 5.26 Å². The van der Waals surface area contributed by atoms with Crippen LogP contribution in [0.4, 0.5) is 11.4 Å². The molecule has 7 heteroatoms. The van der Waals surface area contributed by atoms with Crippen molar-refractivity contribution in [1.29, 1.82) is 5.26 Å². The van der Waals surface area contributed by atoms with Crippen LogP contribution < -0.4 is 15.5 Å². The van der Waals surface area contributed by atoms with Gasteiger partial charge in [0.05, 0.1) is 36.4 Å². The van der Waals surface area contributed by atoms with Crippen molar-refractivity contribution in [2.45, 2.75) is 31.6 Å². The fraction of sp³-hybridized carbons (Fsp3) is 0.407. The van der Waals surface area contributed by atoms with E-state index >= 15 is 0 Å². The molecule has 0 bridgehead atoms. The lowest BCUT2D eigenvalue weighted by atomic mass is 9.99. The molecule has 1 aromatic heterocycles. The molecule has 0 radical (unpaired) electrons. The van der Waals surface area contributed by atoms with Crippen molar-refractivity contribution in [2.75, 3.05) is 49.6 Å². The molecule has 2 aromatic carbocycles. The molecule has 6 rings (SSSR count). The zero-order valence-corrected chi connectivity index (χ0v) is 19.5. The molecule has 2 N–H and O–H groups in total. The quantitative estimate of drug-likeness (QED) is 0.629. The number of ether oxygens (including phenoxy) is 1. The number of pyridine rings is 1. The van der Waals surface area contributed by atoms with E-state index in [1.54, 1.807) is 6.20 Å². The Labute approximate surface area is 200 Å². The van der Waals surface area contributed by atoms with Crippen LogP contribution in [0.3, 0.4) is 0 Å². The first-order chi connectivity index (χ1) is 16.7. The van der Waals surface area contributed by atoms with Gasteiger partial charge in [0.1, 0.15) is 6.07 Å². The smallest absolute Gasteiger partial charge is 0.101 e. The van der Waals surface area contributed by atoms with Crippen LogP contribution in [0.1, 0.15) is 29.7 Å². The lowest BCUT2D eigenvalue weighted by Gasteiger charge is -2.43. The summed E-state index contributed by atoms with van der Waals surface area (Å²) in [6.45, 7) is 8.54. The monoisotopic (exact) mass is 454 g/mol. The van der Waals surface area contributed by atoms with Gasteiger partial charge >= 0.3 is 0 Å². The van der Waals surface area contributed by atoms with E-state index in [1.807, 2.05) is 12.1 Å². The van der Waals surface area contributed by atoms with Crippen molar-refractivity contribution in [3.8, 4) is 6.07 Å². The highest BCUT2D eigenvalue weighted by Crippen LogP contribution is 2.42. The lowest BCUT2D eigenvalue weighted by molar-refractivity contribution is 0.134. The molecule has 7 nitrogen and oxygen atoms in total. The third-order valence-corrected chi connectivity index (χ3v) is 7.41. The number of rotatable bonds is 3. The largest absolute Gasteiger partial charge is 0.379 e. The van der Waals surface area contributed by atoms with Crippen LogP contribution in [0, 0.1) is 11.3 Å². The van der Waals surface area contributed by atoms with Gasteiger partial charge in [-0.3, -0.25) is 9.88 Å². The molecular formula is C27H30N6O. The van der Waals surface area contributed by atoms with Crippen molar-refractivity contribution >= 4 is 22.3 Å². The van der Waals surface area contributed by atoms with Crippen LogP contribution >= 0.6 is 0 Å². The molecule has 0 spiro atoms.